The van der Waals surface area contributed by atoms with Crippen LogP contribution in [0.15, 0.2) is 29.0 Å². The number of rotatable bonds is 6. The van der Waals surface area contributed by atoms with Crippen LogP contribution in [0.3, 0.4) is 0 Å². The molecule has 1 atom stereocenters. The fourth-order valence-electron chi connectivity index (χ4n) is 2.80. The van der Waals surface area contributed by atoms with Crippen molar-refractivity contribution in [3.8, 4) is 11.5 Å². The van der Waals surface area contributed by atoms with Crippen molar-refractivity contribution >= 4 is 22.9 Å². The van der Waals surface area contributed by atoms with Gasteiger partial charge in [0.05, 0.1) is 18.2 Å². The molecule has 0 unspecified atom stereocenters. The van der Waals surface area contributed by atoms with Gasteiger partial charge in [0.25, 0.3) is 0 Å². The summed E-state index contributed by atoms with van der Waals surface area (Å²) in [5, 5.41) is 8.47. The number of benzene rings is 1. The van der Waals surface area contributed by atoms with Crippen LogP contribution in [0.5, 0.6) is 11.5 Å². The van der Waals surface area contributed by atoms with Crippen LogP contribution in [0.25, 0.3) is 0 Å². The van der Waals surface area contributed by atoms with Crippen molar-refractivity contribution in [2.75, 3.05) is 33.9 Å². The van der Waals surface area contributed by atoms with Crippen LogP contribution in [0.2, 0.25) is 5.02 Å². The first-order valence-corrected chi connectivity index (χ1v) is 9.44. The molecular formula is C18H23ClN2O2S. The summed E-state index contributed by atoms with van der Waals surface area (Å²) in [7, 11) is 4.21. The number of nitrogens with zero attached hydrogens (tertiary/aromatic N) is 1. The first kappa shape index (κ1) is 17.5. The number of hydrogen-bond donors (Lipinski definition) is 1. The number of nitrogens with one attached hydrogen (secondary N) is 1. The van der Waals surface area contributed by atoms with Crippen molar-refractivity contribution in [2.45, 2.75) is 19.0 Å². The Hall–Kier alpha value is -1.27. The molecule has 130 valence electrons. The summed E-state index contributed by atoms with van der Waals surface area (Å²) in [5.41, 5.74) is 2.45. The van der Waals surface area contributed by atoms with Gasteiger partial charge in [-0.15, -0.1) is 0 Å². The number of ether oxygens (including phenoxy) is 2. The third-order valence-corrected chi connectivity index (χ3v) is 5.06. The minimum Gasteiger partial charge on any atom is -0.489 e. The third-order valence-electron chi connectivity index (χ3n) is 4.08. The highest BCUT2D eigenvalue weighted by Gasteiger charge is 2.17. The molecule has 2 heterocycles. The van der Waals surface area contributed by atoms with Crippen LogP contribution >= 0.6 is 22.9 Å². The van der Waals surface area contributed by atoms with Crippen molar-refractivity contribution in [1.82, 2.24) is 10.2 Å². The van der Waals surface area contributed by atoms with Gasteiger partial charge in [-0.2, -0.15) is 11.3 Å². The highest BCUT2D eigenvalue weighted by atomic mass is 35.5. The van der Waals surface area contributed by atoms with Gasteiger partial charge in [0, 0.05) is 25.6 Å². The van der Waals surface area contributed by atoms with Gasteiger partial charge in [0.1, 0.15) is 0 Å². The standard InChI is InChI=1S/C18H23ClN2O2S/c1-21(2)16(14-4-7-24-12-14)11-20-10-13-8-15(19)18-17(9-13)22-5-3-6-23-18/h4,7-9,12,16,20H,3,5-6,10-11H2,1-2H3/t16-/m0/s1. The molecule has 0 saturated heterocycles. The average molecular weight is 367 g/mol. The summed E-state index contributed by atoms with van der Waals surface area (Å²) in [4.78, 5) is 2.23. The first-order valence-electron chi connectivity index (χ1n) is 8.12. The van der Waals surface area contributed by atoms with E-state index in [1.165, 1.54) is 5.56 Å². The lowest BCUT2D eigenvalue weighted by atomic mass is 10.1. The molecule has 24 heavy (non-hydrogen) atoms. The van der Waals surface area contributed by atoms with E-state index >= 15 is 0 Å². The van der Waals surface area contributed by atoms with E-state index in [0.29, 0.717) is 30.0 Å². The Morgan fingerprint density at radius 2 is 2.12 bits per heavy atom. The molecule has 0 fully saturated rings. The maximum absolute atomic E-state index is 6.35. The zero-order valence-electron chi connectivity index (χ0n) is 14.0. The van der Waals surface area contributed by atoms with Crippen LogP contribution in [-0.4, -0.2) is 38.8 Å². The van der Waals surface area contributed by atoms with Gasteiger partial charge in [-0.3, -0.25) is 0 Å². The fraction of sp³-hybridized carbons (Fsp3) is 0.444. The first-order chi connectivity index (χ1) is 11.6. The van der Waals surface area contributed by atoms with Crippen molar-refractivity contribution in [3.63, 3.8) is 0 Å². The largest absolute Gasteiger partial charge is 0.489 e. The van der Waals surface area contributed by atoms with E-state index < -0.39 is 0 Å². The Labute approximate surface area is 152 Å². The fourth-order valence-corrected chi connectivity index (χ4v) is 3.80. The smallest absolute Gasteiger partial charge is 0.179 e. The van der Waals surface area contributed by atoms with E-state index in [2.05, 4.69) is 41.1 Å². The molecule has 2 aromatic rings. The number of thiophene rings is 1. The number of fused-ring (bicyclic) bond motifs is 1. The third kappa shape index (κ3) is 4.22. The van der Waals surface area contributed by atoms with Crippen LogP contribution in [0.1, 0.15) is 23.6 Å². The highest BCUT2D eigenvalue weighted by molar-refractivity contribution is 7.07. The molecule has 0 amide bonds. The molecule has 3 rings (SSSR count). The molecule has 1 aromatic carbocycles. The second kappa shape index (κ2) is 8.21. The van der Waals surface area contributed by atoms with Gasteiger partial charge < -0.3 is 19.7 Å². The van der Waals surface area contributed by atoms with Gasteiger partial charge in [-0.1, -0.05) is 11.6 Å². The molecule has 1 aliphatic rings. The number of halogens is 1. The van der Waals surface area contributed by atoms with Crippen molar-refractivity contribution in [1.29, 1.82) is 0 Å². The quantitative estimate of drug-likeness (QED) is 0.839. The minimum atomic E-state index is 0.354. The van der Waals surface area contributed by atoms with Gasteiger partial charge in [0.2, 0.25) is 0 Å². The second-order valence-corrected chi connectivity index (χ2v) is 7.31. The highest BCUT2D eigenvalue weighted by Crippen LogP contribution is 2.38. The van der Waals surface area contributed by atoms with Crippen LogP contribution in [0.4, 0.5) is 0 Å². The maximum Gasteiger partial charge on any atom is 0.179 e. The average Bonchev–Trinajstić information content (AvgIpc) is 2.96. The minimum absolute atomic E-state index is 0.354. The molecular weight excluding hydrogens is 344 g/mol. The monoisotopic (exact) mass is 366 g/mol. The lowest BCUT2D eigenvalue weighted by molar-refractivity contribution is 0.288. The van der Waals surface area contributed by atoms with E-state index in [1.807, 2.05) is 12.1 Å². The Bertz CT molecular complexity index is 661. The zero-order valence-corrected chi connectivity index (χ0v) is 15.6. The van der Waals surface area contributed by atoms with Gasteiger partial charge in [0.15, 0.2) is 11.5 Å². The van der Waals surface area contributed by atoms with E-state index in [9.17, 15) is 0 Å². The van der Waals surface area contributed by atoms with E-state index in [-0.39, 0.29) is 0 Å². The Kier molecular flexibility index (Phi) is 6.00. The zero-order chi connectivity index (χ0) is 16.9. The lowest BCUT2D eigenvalue weighted by Crippen LogP contribution is -2.30. The summed E-state index contributed by atoms with van der Waals surface area (Å²) >= 11 is 8.09. The molecule has 1 aliphatic heterocycles. The Morgan fingerprint density at radius 1 is 1.29 bits per heavy atom. The topological polar surface area (TPSA) is 33.7 Å². The van der Waals surface area contributed by atoms with Crippen LogP contribution in [0, 0.1) is 0 Å². The second-order valence-electron chi connectivity index (χ2n) is 6.12. The molecule has 0 radical (unpaired) electrons. The SMILES string of the molecule is CN(C)[C@@H](CNCc1cc(Cl)c2c(c1)OCCCO2)c1ccsc1. The van der Waals surface area contributed by atoms with Crippen LogP contribution < -0.4 is 14.8 Å². The molecule has 1 N–H and O–H groups in total. The maximum atomic E-state index is 6.35. The Balaban J connectivity index is 1.64. The molecule has 6 heteroatoms. The Morgan fingerprint density at radius 3 is 2.88 bits per heavy atom. The van der Waals surface area contributed by atoms with Gasteiger partial charge >= 0.3 is 0 Å². The summed E-state index contributed by atoms with van der Waals surface area (Å²) in [6, 6.07) is 6.51. The van der Waals surface area contributed by atoms with E-state index in [1.54, 1.807) is 11.3 Å². The summed E-state index contributed by atoms with van der Waals surface area (Å²) < 4.78 is 11.4. The van der Waals surface area contributed by atoms with Crippen molar-refractivity contribution < 1.29 is 9.47 Å². The van der Waals surface area contributed by atoms with E-state index in [0.717, 1.165) is 30.8 Å². The molecule has 0 aliphatic carbocycles. The van der Waals surface area contributed by atoms with Gasteiger partial charge in [-0.25, -0.2) is 0 Å². The normalized spacial score (nSPS) is 15.3. The predicted molar refractivity (Wildman–Crippen MR) is 99.5 cm³/mol. The molecule has 4 nitrogen and oxygen atoms in total. The summed E-state index contributed by atoms with van der Waals surface area (Å²) in [6.07, 6.45) is 0.879. The lowest BCUT2D eigenvalue weighted by Gasteiger charge is -2.24. The predicted octanol–water partition coefficient (Wildman–Crippen LogP) is 3.96. The summed E-state index contributed by atoms with van der Waals surface area (Å²) in [6.45, 7) is 2.93. The molecule has 0 bridgehead atoms. The van der Waals surface area contributed by atoms with Gasteiger partial charge in [-0.05, 0) is 54.2 Å². The molecule has 0 spiro atoms. The van der Waals surface area contributed by atoms with Crippen LogP contribution in [-0.2, 0) is 6.54 Å². The summed E-state index contributed by atoms with van der Waals surface area (Å²) in [5.74, 6) is 1.42. The van der Waals surface area contributed by atoms with E-state index in [4.69, 9.17) is 21.1 Å². The number of likely N-dealkylation sites (N-methyl/N-ethyl adjacent to an activating group) is 1. The van der Waals surface area contributed by atoms with Crippen molar-refractivity contribution in [2.24, 2.45) is 0 Å². The number of hydrogen-bond acceptors (Lipinski definition) is 5. The molecule has 1 aromatic heterocycles. The molecule has 0 saturated carbocycles. The van der Waals surface area contributed by atoms with Crippen molar-refractivity contribution in [3.05, 3.63) is 45.1 Å².